The molecule has 2 aromatic carbocycles. The van der Waals surface area contributed by atoms with Crippen LogP contribution in [0.3, 0.4) is 0 Å². The maximum atomic E-state index is 13.6. The molecule has 9 heteroatoms. The average Bonchev–Trinajstić information content (AvgIpc) is 3.38. The predicted octanol–water partition coefficient (Wildman–Crippen LogP) is 5.25. The summed E-state index contributed by atoms with van der Waals surface area (Å²) in [4.78, 5) is 14.7. The zero-order chi connectivity index (χ0) is 21.7. The Labute approximate surface area is 175 Å². The number of rotatable bonds is 2. The van der Waals surface area contributed by atoms with Gasteiger partial charge in [-0.2, -0.15) is 5.10 Å². The second-order valence-electron chi connectivity index (χ2n) is 7.83. The Morgan fingerprint density at radius 2 is 1.68 bits per heavy atom. The van der Waals surface area contributed by atoms with Gasteiger partial charge in [-0.3, -0.25) is 4.68 Å². The van der Waals surface area contributed by atoms with Crippen LogP contribution >= 0.6 is 0 Å². The average molecular weight is 430 g/mol. The van der Waals surface area contributed by atoms with E-state index in [1.807, 2.05) is 4.68 Å². The number of aromatic nitrogens is 2. The molecule has 2 heterocycles. The van der Waals surface area contributed by atoms with Gasteiger partial charge < -0.3 is 10.2 Å². The largest absolute Gasteiger partial charge is 0.322 e. The molecule has 1 fully saturated rings. The minimum atomic E-state index is -1.58. The van der Waals surface area contributed by atoms with Crippen molar-refractivity contribution >= 4 is 11.7 Å². The Balaban J connectivity index is 1.47. The van der Waals surface area contributed by atoms with Gasteiger partial charge in [0.25, 0.3) is 0 Å². The van der Waals surface area contributed by atoms with Crippen molar-refractivity contribution in [1.29, 1.82) is 0 Å². The van der Waals surface area contributed by atoms with Crippen LogP contribution in [-0.2, 0) is 6.54 Å². The van der Waals surface area contributed by atoms with Crippen LogP contribution in [0.5, 0.6) is 0 Å². The van der Waals surface area contributed by atoms with Crippen LogP contribution in [0.4, 0.5) is 28.0 Å². The molecule has 3 aromatic rings. The number of carbonyl (C=O) groups is 1. The molecule has 160 valence electrons. The van der Waals surface area contributed by atoms with Crippen LogP contribution in [0.1, 0.15) is 31.0 Å². The fourth-order valence-corrected chi connectivity index (χ4v) is 4.60. The van der Waals surface area contributed by atoms with Gasteiger partial charge >= 0.3 is 6.03 Å². The summed E-state index contributed by atoms with van der Waals surface area (Å²) in [6.45, 7) is 0.228. The van der Waals surface area contributed by atoms with Crippen molar-refractivity contribution in [2.45, 2.75) is 37.9 Å². The number of anilines is 1. The number of halogens is 4. The topological polar surface area (TPSA) is 50.2 Å². The lowest BCUT2D eigenvalue weighted by molar-refractivity contribution is 0.139. The third-order valence-electron chi connectivity index (χ3n) is 6.03. The lowest BCUT2D eigenvalue weighted by Gasteiger charge is -2.38. The molecule has 0 radical (unpaired) electrons. The Morgan fingerprint density at radius 3 is 2.39 bits per heavy atom. The van der Waals surface area contributed by atoms with Gasteiger partial charge in [-0.05, 0) is 37.0 Å². The van der Waals surface area contributed by atoms with Crippen LogP contribution < -0.4 is 5.32 Å². The number of carbonyl (C=O) groups excluding carboxylic acids is 1. The van der Waals surface area contributed by atoms with Crippen LogP contribution in [0, 0.1) is 23.3 Å². The monoisotopic (exact) mass is 430 g/mol. The number of hydrogen-bond donors (Lipinski definition) is 1. The van der Waals surface area contributed by atoms with E-state index in [4.69, 9.17) is 0 Å². The Bertz CT molecular complexity index is 1140. The van der Waals surface area contributed by atoms with Gasteiger partial charge in [-0.25, -0.2) is 22.4 Å². The summed E-state index contributed by atoms with van der Waals surface area (Å²) in [5.41, 5.74) is 2.22. The van der Waals surface area contributed by atoms with Crippen molar-refractivity contribution in [3.8, 4) is 11.1 Å². The molecule has 5 rings (SSSR count). The molecule has 0 unspecified atom stereocenters. The van der Waals surface area contributed by atoms with Gasteiger partial charge in [0.2, 0.25) is 0 Å². The summed E-state index contributed by atoms with van der Waals surface area (Å²) in [6.07, 6.45) is 4.23. The lowest BCUT2D eigenvalue weighted by Crippen LogP contribution is -2.48. The minimum Gasteiger partial charge on any atom is -0.313 e. The van der Waals surface area contributed by atoms with Crippen molar-refractivity contribution in [3.05, 3.63) is 71.6 Å². The third kappa shape index (κ3) is 3.34. The first-order valence-corrected chi connectivity index (χ1v) is 9.97. The highest BCUT2D eigenvalue weighted by Crippen LogP contribution is 2.41. The van der Waals surface area contributed by atoms with E-state index >= 15 is 0 Å². The maximum absolute atomic E-state index is 13.6. The molecule has 5 nitrogen and oxygen atoms in total. The summed E-state index contributed by atoms with van der Waals surface area (Å²) in [7, 11) is 0. The number of hydrogen-bond acceptors (Lipinski definition) is 2. The molecule has 2 amide bonds. The molecule has 1 aromatic heterocycles. The van der Waals surface area contributed by atoms with Gasteiger partial charge in [0.1, 0.15) is 5.82 Å². The second kappa shape index (κ2) is 7.40. The molecular weight excluding hydrogens is 412 g/mol. The maximum Gasteiger partial charge on any atom is 0.322 e. The van der Waals surface area contributed by atoms with E-state index in [1.54, 1.807) is 23.2 Å². The van der Waals surface area contributed by atoms with E-state index in [9.17, 15) is 22.4 Å². The van der Waals surface area contributed by atoms with Gasteiger partial charge in [0, 0.05) is 23.4 Å². The molecule has 1 aliphatic heterocycles. The Kier molecular flexibility index (Phi) is 4.68. The molecule has 0 spiro atoms. The van der Waals surface area contributed by atoms with Crippen LogP contribution in [-0.4, -0.2) is 26.8 Å². The summed E-state index contributed by atoms with van der Waals surface area (Å²) in [5.74, 6) is -4.67. The zero-order valence-corrected chi connectivity index (χ0v) is 16.3. The van der Waals surface area contributed by atoms with Crippen molar-refractivity contribution in [2.24, 2.45) is 0 Å². The van der Waals surface area contributed by atoms with Crippen molar-refractivity contribution in [1.82, 2.24) is 14.7 Å². The van der Waals surface area contributed by atoms with Gasteiger partial charge in [-0.1, -0.05) is 12.1 Å². The standard InChI is InChI=1S/C22H18F4N4O/c23-13-6-4-12(5-7-13)15-10-27-30-19-3-1-2-18(19)29(11-20(15)30)22(31)28-14-8-16(24)21(26)17(25)9-14/h4-10,18-19H,1-3,11H2,(H,28,31)/t18-,19+/m0/s1. The Hall–Kier alpha value is -3.36. The molecule has 2 atom stereocenters. The lowest BCUT2D eigenvalue weighted by atomic mass is 10.0. The van der Waals surface area contributed by atoms with E-state index in [0.717, 1.165) is 48.2 Å². The van der Waals surface area contributed by atoms with E-state index in [-0.39, 0.29) is 30.1 Å². The Morgan fingerprint density at radius 1 is 1.00 bits per heavy atom. The fourth-order valence-electron chi connectivity index (χ4n) is 4.60. The number of fused-ring (bicyclic) bond motifs is 3. The first kappa shape index (κ1) is 19.6. The van der Waals surface area contributed by atoms with Crippen LogP contribution in [0.2, 0.25) is 0 Å². The van der Waals surface area contributed by atoms with E-state index < -0.39 is 23.5 Å². The van der Waals surface area contributed by atoms with Crippen molar-refractivity contribution < 1.29 is 22.4 Å². The number of nitrogens with zero attached hydrogens (tertiary/aromatic N) is 3. The van der Waals surface area contributed by atoms with Crippen molar-refractivity contribution in [2.75, 3.05) is 5.32 Å². The SMILES string of the molecule is O=C(Nc1cc(F)c(F)c(F)c1)N1Cc2c(-c3ccc(F)cc3)cnn2[C@@H]2CCC[C@@H]21. The predicted molar refractivity (Wildman–Crippen MR) is 105 cm³/mol. The molecule has 1 aliphatic carbocycles. The second-order valence-corrected chi connectivity index (χ2v) is 7.83. The third-order valence-corrected chi connectivity index (χ3v) is 6.03. The first-order valence-electron chi connectivity index (χ1n) is 9.97. The number of benzene rings is 2. The minimum absolute atomic E-state index is 0.0228. The van der Waals surface area contributed by atoms with Gasteiger partial charge in [0.15, 0.2) is 17.5 Å². The van der Waals surface area contributed by atoms with Gasteiger partial charge in [0.05, 0.1) is 30.5 Å². The van der Waals surface area contributed by atoms with E-state index in [0.29, 0.717) is 0 Å². The molecular formula is C22H18F4N4O. The van der Waals surface area contributed by atoms with Crippen molar-refractivity contribution in [3.63, 3.8) is 0 Å². The highest BCUT2D eigenvalue weighted by atomic mass is 19.2. The normalized spacial score (nSPS) is 19.8. The smallest absolute Gasteiger partial charge is 0.313 e. The molecule has 0 saturated heterocycles. The number of urea groups is 1. The van der Waals surface area contributed by atoms with E-state index in [2.05, 4.69) is 10.4 Å². The zero-order valence-electron chi connectivity index (χ0n) is 16.3. The fraction of sp³-hybridized carbons (Fsp3) is 0.273. The molecule has 1 saturated carbocycles. The summed E-state index contributed by atoms with van der Waals surface area (Å²) in [5, 5.41) is 7.02. The van der Waals surface area contributed by atoms with E-state index in [1.165, 1.54) is 12.1 Å². The summed E-state index contributed by atoms with van der Waals surface area (Å²) < 4.78 is 55.6. The van der Waals surface area contributed by atoms with Crippen LogP contribution in [0.25, 0.3) is 11.1 Å². The summed E-state index contributed by atoms with van der Waals surface area (Å²) in [6, 6.07) is 6.87. The molecule has 0 bridgehead atoms. The highest BCUT2D eigenvalue weighted by molar-refractivity contribution is 5.90. The quantitative estimate of drug-likeness (QED) is 0.446. The van der Waals surface area contributed by atoms with Gasteiger partial charge in [-0.15, -0.1) is 0 Å². The molecule has 1 N–H and O–H groups in total. The number of amides is 2. The number of nitrogens with one attached hydrogen (secondary N) is 1. The molecule has 31 heavy (non-hydrogen) atoms. The highest BCUT2D eigenvalue weighted by Gasteiger charge is 2.42. The molecule has 2 aliphatic rings. The first-order chi connectivity index (χ1) is 14.9. The van der Waals surface area contributed by atoms with Crippen LogP contribution in [0.15, 0.2) is 42.6 Å². The summed E-state index contributed by atoms with van der Waals surface area (Å²) >= 11 is 0.